The Balaban J connectivity index is 2.69. The van der Waals surface area contributed by atoms with Crippen LogP contribution in [0.1, 0.15) is 0 Å². The van der Waals surface area contributed by atoms with E-state index in [0.29, 0.717) is 5.69 Å². The van der Waals surface area contributed by atoms with Gasteiger partial charge in [0.15, 0.2) is 0 Å². The standard InChI is InChI=1S/C10H12N4O2/c1-13(2)7-5-3-4-6-8(7)14-10(16)11-9(15)12-14/h3-6H,1-2H3,(H2,11,12,15,16). The van der Waals surface area contributed by atoms with Crippen molar-refractivity contribution >= 4 is 5.69 Å². The molecule has 0 amide bonds. The van der Waals surface area contributed by atoms with Gasteiger partial charge in [-0.2, -0.15) is 4.68 Å². The maximum Gasteiger partial charge on any atom is 0.349 e. The highest BCUT2D eigenvalue weighted by Crippen LogP contribution is 2.19. The predicted molar refractivity (Wildman–Crippen MR) is 61.3 cm³/mol. The van der Waals surface area contributed by atoms with Crippen LogP contribution in [-0.2, 0) is 0 Å². The summed E-state index contributed by atoms with van der Waals surface area (Å²) in [6, 6.07) is 7.31. The molecular weight excluding hydrogens is 208 g/mol. The summed E-state index contributed by atoms with van der Waals surface area (Å²) in [7, 11) is 3.74. The minimum absolute atomic E-state index is 0.473. The normalized spacial score (nSPS) is 10.4. The van der Waals surface area contributed by atoms with Gasteiger partial charge in [-0.3, -0.25) is 4.98 Å². The van der Waals surface area contributed by atoms with E-state index in [-0.39, 0.29) is 0 Å². The van der Waals surface area contributed by atoms with Crippen molar-refractivity contribution in [3.05, 3.63) is 45.2 Å². The average molecular weight is 220 g/mol. The minimum Gasteiger partial charge on any atom is -0.376 e. The van der Waals surface area contributed by atoms with Crippen molar-refractivity contribution in [2.75, 3.05) is 19.0 Å². The fourth-order valence-electron chi connectivity index (χ4n) is 1.53. The van der Waals surface area contributed by atoms with Crippen molar-refractivity contribution in [1.82, 2.24) is 14.8 Å². The third-order valence-corrected chi connectivity index (χ3v) is 2.24. The first-order chi connectivity index (χ1) is 7.59. The van der Waals surface area contributed by atoms with Crippen LogP contribution in [0.15, 0.2) is 33.9 Å². The Kier molecular flexibility index (Phi) is 2.40. The molecule has 6 nitrogen and oxygen atoms in total. The molecule has 2 rings (SSSR count). The molecule has 0 bridgehead atoms. The van der Waals surface area contributed by atoms with E-state index >= 15 is 0 Å². The van der Waals surface area contributed by atoms with Crippen LogP contribution in [-0.4, -0.2) is 28.9 Å². The maximum absolute atomic E-state index is 11.5. The Morgan fingerprint density at radius 2 is 1.88 bits per heavy atom. The van der Waals surface area contributed by atoms with E-state index in [4.69, 9.17) is 0 Å². The summed E-state index contributed by atoms with van der Waals surface area (Å²) in [5.74, 6) is 0. The van der Waals surface area contributed by atoms with E-state index in [9.17, 15) is 9.59 Å². The number of hydrogen-bond donors (Lipinski definition) is 2. The summed E-state index contributed by atoms with van der Waals surface area (Å²) in [6.45, 7) is 0. The molecule has 2 aromatic rings. The number of rotatable bonds is 2. The number of H-pyrrole nitrogens is 2. The summed E-state index contributed by atoms with van der Waals surface area (Å²) in [5.41, 5.74) is 0.494. The van der Waals surface area contributed by atoms with Gasteiger partial charge in [-0.05, 0) is 12.1 Å². The number of nitrogens with one attached hydrogen (secondary N) is 2. The van der Waals surface area contributed by atoms with Crippen LogP contribution in [0.25, 0.3) is 5.69 Å². The SMILES string of the molecule is CN(C)c1ccccc1-n1[nH]c(=O)[nH]c1=O. The highest BCUT2D eigenvalue weighted by Gasteiger charge is 2.08. The molecule has 1 aromatic heterocycles. The zero-order chi connectivity index (χ0) is 11.7. The van der Waals surface area contributed by atoms with Crippen molar-refractivity contribution in [3.63, 3.8) is 0 Å². The molecule has 16 heavy (non-hydrogen) atoms. The first-order valence-corrected chi connectivity index (χ1v) is 4.77. The van der Waals surface area contributed by atoms with Gasteiger partial charge in [-0.25, -0.2) is 14.7 Å². The van der Waals surface area contributed by atoms with E-state index in [0.717, 1.165) is 5.69 Å². The Labute approximate surface area is 91.1 Å². The van der Waals surface area contributed by atoms with Gasteiger partial charge in [0.25, 0.3) is 0 Å². The lowest BCUT2D eigenvalue weighted by Crippen LogP contribution is -2.20. The fourth-order valence-corrected chi connectivity index (χ4v) is 1.53. The quantitative estimate of drug-likeness (QED) is 0.743. The highest BCUT2D eigenvalue weighted by atomic mass is 16.2. The molecule has 0 saturated carbocycles. The highest BCUT2D eigenvalue weighted by molar-refractivity contribution is 5.61. The lowest BCUT2D eigenvalue weighted by atomic mass is 10.2. The smallest absolute Gasteiger partial charge is 0.349 e. The van der Waals surface area contributed by atoms with Crippen molar-refractivity contribution in [1.29, 1.82) is 0 Å². The molecule has 0 aliphatic heterocycles. The number of anilines is 1. The molecular formula is C10H12N4O2. The zero-order valence-corrected chi connectivity index (χ0v) is 9.02. The lowest BCUT2D eigenvalue weighted by molar-refractivity contribution is 0.829. The molecule has 84 valence electrons. The second-order valence-electron chi connectivity index (χ2n) is 3.59. The van der Waals surface area contributed by atoms with Gasteiger partial charge in [0, 0.05) is 14.1 Å². The third-order valence-electron chi connectivity index (χ3n) is 2.24. The summed E-state index contributed by atoms with van der Waals surface area (Å²) >= 11 is 0. The summed E-state index contributed by atoms with van der Waals surface area (Å²) in [4.78, 5) is 26.5. The van der Waals surface area contributed by atoms with Crippen LogP contribution in [0.4, 0.5) is 5.69 Å². The Morgan fingerprint density at radius 3 is 2.44 bits per heavy atom. The molecule has 0 atom stereocenters. The molecule has 0 aliphatic rings. The monoisotopic (exact) mass is 220 g/mol. The van der Waals surface area contributed by atoms with E-state index in [2.05, 4.69) is 10.1 Å². The molecule has 0 spiro atoms. The molecule has 0 aliphatic carbocycles. The Bertz CT molecular complexity index is 606. The van der Waals surface area contributed by atoms with Crippen molar-refractivity contribution in [2.24, 2.45) is 0 Å². The van der Waals surface area contributed by atoms with E-state index in [1.807, 2.05) is 31.1 Å². The number of benzene rings is 1. The van der Waals surface area contributed by atoms with Crippen molar-refractivity contribution < 1.29 is 0 Å². The molecule has 0 radical (unpaired) electrons. The van der Waals surface area contributed by atoms with Gasteiger partial charge in [0.2, 0.25) is 0 Å². The lowest BCUT2D eigenvalue weighted by Gasteiger charge is -2.16. The summed E-state index contributed by atoms with van der Waals surface area (Å²) in [6.07, 6.45) is 0. The van der Waals surface area contributed by atoms with E-state index in [1.54, 1.807) is 12.1 Å². The van der Waals surface area contributed by atoms with Crippen molar-refractivity contribution in [3.8, 4) is 5.69 Å². The maximum atomic E-state index is 11.5. The second-order valence-corrected chi connectivity index (χ2v) is 3.59. The Hall–Kier alpha value is -2.24. The topological polar surface area (TPSA) is 73.9 Å². The van der Waals surface area contributed by atoms with Crippen LogP contribution in [0.5, 0.6) is 0 Å². The first-order valence-electron chi connectivity index (χ1n) is 4.77. The summed E-state index contributed by atoms with van der Waals surface area (Å²) < 4.78 is 1.19. The van der Waals surface area contributed by atoms with Gasteiger partial charge < -0.3 is 4.90 Å². The van der Waals surface area contributed by atoms with Crippen LogP contribution in [0.2, 0.25) is 0 Å². The number of aromatic nitrogens is 3. The van der Waals surface area contributed by atoms with Crippen molar-refractivity contribution in [2.45, 2.75) is 0 Å². The Morgan fingerprint density at radius 1 is 1.19 bits per heavy atom. The van der Waals surface area contributed by atoms with E-state index < -0.39 is 11.4 Å². The fraction of sp³-hybridized carbons (Fsp3) is 0.200. The van der Waals surface area contributed by atoms with Gasteiger partial charge in [0.1, 0.15) is 0 Å². The molecule has 6 heteroatoms. The molecule has 2 N–H and O–H groups in total. The number of hydrogen-bond acceptors (Lipinski definition) is 3. The van der Waals surface area contributed by atoms with Crippen LogP contribution >= 0.6 is 0 Å². The van der Waals surface area contributed by atoms with Gasteiger partial charge in [0.05, 0.1) is 11.4 Å². The molecule has 0 fully saturated rings. The largest absolute Gasteiger partial charge is 0.376 e. The predicted octanol–water partition coefficient (Wildman–Crippen LogP) is -0.0801. The minimum atomic E-state index is -0.515. The zero-order valence-electron chi connectivity index (χ0n) is 9.02. The molecule has 1 heterocycles. The second kappa shape index (κ2) is 3.73. The van der Waals surface area contributed by atoms with Gasteiger partial charge in [-0.1, -0.05) is 12.1 Å². The van der Waals surface area contributed by atoms with Crippen LogP contribution < -0.4 is 16.3 Å². The first kappa shape index (κ1) is 10.3. The number of aromatic amines is 2. The van der Waals surface area contributed by atoms with Gasteiger partial charge in [-0.15, -0.1) is 0 Å². The molecule has 0 unspecified atom stereocenters. The summed E-state index contributed by atoms with van der Waals surface area (Å²) in [5, 5.41) is 2.42. The number of nitrogens with zero attached hydrogens (tertiary/aromatic N) is 2. The van der Waals surface area contributed by atoms with Crippen LogP contribution in [0, 0.1) is 0 Å². The third kappa shape index (κ3) is 1.65. The molecule has 1 aromatic carbocycles. The number of para-hydroxylation sites is 2. The molecule has 0 saturated heterocycles. The van der Waals surface area contributed by atoms with Gasteiger partial charge >= 0.3 is 11.4 Å². The van der Waals surface area contributed by atoms with E-state index in [1.165, 1.54) is 4.68 Å². The van der Waals surface area contributed by atoms with Crippen LogP contribution in [0.3, 0.4) is 0 Å². The average Bonchev–Trinajstić information content (AvgIpc) is 2.57.